The fourth-order valence-corrected chi connectivity index (χ4v) is 1.34. The van der Waals surface area contributed by atoms with Crippen LogP contribution in [0.5, 0.6) is 0 Å². The summed E-state index contributed by atoms with van der Waals surface area (Å²) < 4.78 is 25.5. The molecule has 0 amide bonds. The van der Waals surface area contributed by atoms with E-state index in [2.05, 4.69) is 0 Å². The van der Waals surface area contributed by atoms with Crippen LogP contribution < -0.4 is 0 Å². The first kappa shape index (κ1) is 9.84. The van der Waals surface area contributed by atoms with E-state index in [1.807, 2.05) is 30.3 Å². The molecule has 15 heavy (non-hydrogen) atoms. The molecule has 0 heterocycles. The topological polar surface area (TPSA) is 0 Å². The van der Waals surface area contributed by atoms with Crippen LogP contribution in [0.2, 0.25) is 0 Å². The largest absolute Gasteiger partial charge is 0.204 e. The van der Waals surface area contributed by atoms with Crippen molar-refractivity contribution >= 4 is 0 Å². The van der Waals surface area contributed by atoms with Crippen LogP contribution in [0.1, 0.15) is 11.1 Å². The Hall–Kier alpha value is -1.70. The second-order valence-corrected chi connectivity index (χ2v) is 3.23. The van der Waals surface area contributed by atoms with Crippen LogP contribution in [0, 0.1) is 18.1 Å². The Morgan fingerprint density at radius 1 is 0.733 bits per heavy atom. The molecule has 0 unspecified atom stereocenters. The number of halogens is 2. The van der Waals surface area contributed by atoms with E-state index in [0.29, 0.717) is 5.56 Å². The van der Waals surface area contributed by atoms with Gasteiger partial charge in [-0.15, -0.1) is 0 Å². The molecule has 0 bridgehead atoms. The van der Waals surface area contributed by atoms with E-state index in [1.54, 1.807) is 12.5 Å². The van der Waals surface area contributed by atoms with Crippen molar-refractivity contribution < 1.29 is 8.78 Å². The van der Waals surface area contributed by atoms with Gasteiger partial charge in [-0.2, -0.15) is 0 Å². The lowest BCUT2D eigenvalue weighted by molar-refractivity contribution is 0.508. The maximum Gasteiger partial charge on any atom is 0.159 e. The zero-order valence-electron chi connectivity index (χ0n) is 7.95. The van der Waals surface area contributed by atoms with Crippen molar-refractivity contribution in [1.29, 1.82) is 0 Å². The highest BCUT2D eigenvalue weighted by molar-refractivity contribution is 5.36. The van der Waals surface area contributed by atoms with Crippen molar-refractivity contribution in [2.75, 3.05) is 0 Å². The van der Waals surface area contributed by atoms with Crippen molar-refractivity contribution in [2.45, 2.75) is 0 Å². The summed E-state index contributed by atoms with van der Waals surface area (Å²) in [5.41, 5.74) is 1.61. The van der Waals surface area contributed by atoms with Gasteiger partial charge in [0.1, 0.15) is 0 Å². The maximum absolute atomic E-state index is 12.9. The first-order valence-corrected chi connectivity index (χ1v) is 4.60. The minimum Gasteiger partial charge on any atom is -0.204 e. The van der Waals surface area contributed by atoms with Crippen LogP contribution >= 0.6 is 0 Å². The molecular weight excluding hydrogens is 194 g/mol. The molecular formula is C13H9F2. The van der Waals surface area contributed by atoms with Gasteiger partial charge < -0.3 is 0 Å². The summed E-state index contributed by atoms with van der Waals surface area (Å²) in [7, 11) is 0. The second-order valence-electron chi connectivity index (χ2n) is 3.23. The summed E-state index contributed by atoms with van der Waals surface area (Å²) in [6.45, 7) is 0. The first-order valence-electron chi connectivity index (χ1n) is 4.60. The molecule has 2 rings (SSSR count). The highest BCUT2D eigenvalue weighted by Gasteiger charge is 2.03. The molecule has 0 aromatic heterocycles. The summed E-state index contributed by atoms with van der Waals surface area (Å²) in [6, 6.07) is 13.4. The summed E-state index contributed by atoms with van der Waals surface area (Å²) in [5, 5.41) is 0. The Labute approximate surface area is 87.2 Å². The average molecular weight is 203 g/mol. The summed E-state index contributed by atoms with van der Waals surface area (Å²) in [4.78, 5) is 0. The summed E-state index contributed by atoms with van der Waals surface area (Å²) in [5.74, 6) is -1.64. The van der Waals surface area contributed by atoms with Gasteiger partial charge in [0.05, 0.1) is 0 Å². The Morgan fingerprint density at radius 2 is 1.47 bits per heavy atom. The molecule has 0 N–H and O–H groups in total. The molecule has 0 fully saturated rings. The molecule has 0 spiro atoms. The third kappa shape index (κ3) is 2.40. The molecule has 0 saturated carbocycles. The molecule has 0 aliphatic carbocycles. The molecule has 2 heteroatoms. The van der Waals surface area contributed by atoms with Gasteiger partial charge in [0, 0.05) is 6.42 Å². The number of benzene rings is 2. The number of rotatable bonds is 2. The Balaban J connectivity index is 2.22. The lowest BCUT2D eigenvalue weighted by atomic mass is 10.1. The highest BCUT2D eigenvalue weighted by Crippen LogP contribution is 2.14. The lowest BCUT2D eigenvalue weighted by Gasteiger charge is -2.01. The average Bonchev–Trinajstić information content (AvgIpc) is 2.25. The molecule has 2 aromatic carbocycles. The smallest absolute Gasteiger partial charge is 0.159 e. The number of hydrogen-bond donors (Lipinski definition) is 0. The van der Waals surface area contributed by atoms with E-state index in [1.165, 1.54) is 6.07 Å². The van der Waals surface area contributed by atoms with Crippen LogP contribution in [0.3, 0.4) is 0 Å². The van der Waals surface area contributed by atoms with E-state index in [4.69, 9.17) is 0 Å². The van der Waals surface area contributed by atoms with E-state index >= 15 is 0 Å². The molecule has 0 nitrogen and oxygen atoms in total. The van der Waals surface area contributed by atoms with Gasteiger partial charge in [-0.3, -0.25) is 0 Å². The fraction of sp³-hybridized carbons (Fsp3) is 0. The third-order valence-electron chi connectivity index (χ3n) is 2.08. The second kappa shape index (κ2) is 4.22. The maximum atomic E-state index is 12.9. The van der Waals surface area contributed by atoms with Gasteiger partial charge in [0.2, 0.25) is 0 Å². The van der Waals surface area contributed by atoms with Crippen LogP contribution in [-0.4, -0.2) is 0 Å². The van der Waals surface area contributed by atoms with Crippen molar-refractivity contribution in [1.82, 2.24) is 0 Å². The van der Waals surface area contributed by atoms with Gasteiger partial charge in [0.15, 0.2) is 11.6 Å². The first-order chi connectivity index (χ1) is 7.25. The van der Waals surface area contributed by atoms with Crippen LogP contribution in [-0.2, 0) is 0 Å². The van der Waals surface area contributed by atoms with Crippen molar-refractivity contribution in [3.05, 3.63) is 77.7 Å². The highest BCUT2D eigenvalue weighted by atomic mass is 19.2. The van der Waals surface area contributed by atoms with E-state index in [9.17, 15) is 8.78 Å². The Bertz CT molecular complexity index is 449. The van der Waals surface area contributed by atoms with Crippen LogP contribution in [0.25, 0.3) is 0 Å². The van der Waals surface area contributed by atoms with Crippen LogP contribution in [0.15, 0.2) is 48.5 Å². The van der Waals surface area contributed by atoms with Gasteiger partial charge in [-0.1, -0.05) is 36.4 Å². The fourth-order valence-electron chi connectivity index (χ4n) is 1.34. The zero-order valence-corrected chi connectivity index (χ0v) is 7.95. The van der Waals surface area contributed by atoms with Gasteiger partial charge in [0.25, 0.3) is 0 Å². The standard InChI is InChI=1S/C13H9F2/c14-12-7-6-11(9-13(12)15)8-10-4-2-1-3-5-10/h1-9H. The van der Waals surface area contributed by atoms with Gasteiger partial charge in [-0.05, 0) is 23.3 Å². The normalized spacial score (nSPS) is 10.3. The van der Waals surface area contributed by atoms with Gasteiger partial charge >= 0.3 is 0 Å². The molecule has 0 aliphatic heterocycles. The quantitative estimate of drug-likeness (QED) is 0.700. The Morgan fingerprint density at radius 3 is 2.13 bits per heavy atom. The van der Waals surface area contributed by atoms with E-state index < -0.39 is 11.6 Å². The number of hydrogen-bond acceptors (Lipinski definition) is 0. The zero-order chi connectivity index (χ0) is 10.7. The molecule has 0 atom stereocenters. The monoisotopic (exact) mass is 203 g/mol. The van der Waals surface area contributed by atoms with Crippen molar-refractivity contribution in [2.24, 2.45) is 0 Å². The minimum atomic E-state index is -0.820. The van der Waals surface area contributed by atoms with Gasteiger partial charge in [-0.25, -0.2) is 8.78 Å². The van der Waals surface area contributed by atoms with Crippen molar-refractivity contribution in [3.8, 4) is 0 Å². The molecule has 1 radical (unpaired) electrons. The summed E-state index contributed by atoms with van der Waals surface area (Å²) >= 11 is 0. The predicted molar refractivity (Wildman–Crippen MR) is 55.3 cm³/mol. The Kier molecular flexibility index (Phi) is 2.77. The molecule has 2 aromatic rings. The minimum absolute atomic E-state index is 0.653. The summed E-state index contributed by atoms with van der Waals surface area (Å²) in [6.07, 6.45) is 1.79. The molecule has 0 saturated heterocycles. The SMILES string of the molecule is Fc1ccc([CH]c2ccccc2)cc1F. The van der Waals surface area contributed by atoms with E-state index in [0.717, 1.165) is 11.6 Å². The van der Waals surface area contributed by atoms with E-state index in [-0.39, 0.29) is 0 Å². The van der Waals surface area contributed by atoms with Crippen LogP contribution in [0.4, 0.5) is 8.78 Å². The molecule has 75 valence electrons. The predicted octanol–water partition coefficient (Wildman–Crippen LogP) is 3.57. The third-order valence-corrected chi connectivity index (χ3v) is 2.08. The molecule has 0 aliphatic rings. The lowest BCUT2D eigenvalue weighted by Crippen LogP contribution is -1.89. The van der Waals surface area contributed by atoms with Crippen molar-refractivity contribution in [3.63, 3.8) is 0 Å².